The second-order valence-corrected chi connectivity index (χ2v) is 4.45. The third-order valence-corrected chi connectivity index (χ3v) is 3.26. The van der Waals surface area contributed by atoms with Crippen LogP contribution >= 0.6 is 0 Å². The Morgan fingerprint density at radius 3 is 2.84 bits per heavy atom. The van der Waals surface area contributed by atoms with Crippen LogP contribution in [0.15, 0.2) is 17.1 Å². The van der Waals surface area contributed by atoms with Crippen LogP contribution in [0.2, 0.25) is 0 Å². The molecule has 1 aliphatic rings. The van der Waals surface area contributed by atoms with E-state index in [1.54, 1.807) is 12.3 Å². The Labute approximate surface area is 106 Å². The van der Waals surface area contributed by atoms with Crippen LogP contribution in [-0.4, -0.2) is 55.2 Å². The van der Waals surface area contributed by atoms with Gasteiger partial charge in [-0.05, 0) is 6.07 Å². The third kappa shape index (κ3) is 1.85. The van der Waals surface area contributed by atoms with Gasteiger partial charge in [0.2, 0.25) is 0 Å². The molecular formula is C11H13N3O5. The van der Waals surface area contributed by atoms with Crippen molar-refractivity contribution in [2.24, 2.45) is 0 Å². The molecule has 1 saturated heterocycles. The van der Waals surface area contributed by atoms with E-state index in [1.807, 2.05) is 0 Å². The zero-order chi connectivity index (χ0) is 13.6. The van der Waals surface area contributed by atoms with E-state index < -0.39 is 31.0 Å². The minimum atomic E-state index is -1.26. The van der Waals surface area contributed by atoms with Crippen LogP contribution in [0.4, 0.5) is 0 Å². The van der Waals surface area contributed by atoms with Gasteiger partial charge in [-0.3, -0.25) is 4.79 Å². The molecule has 0 unspecified atom stereocenters. The number of aliphatic hydroxyl groups excluding tert-OH is 3. The van der Waals surface area contributed by atoms with Gasteiger partial charge in [-0.1, -0.05) is 0 Å². The van der Waals surface area contributed by atoms with E-state index in [-0.39, 0.29) is 11.4 Å². The average Bonchev–Trinajstić information content (AvgIpc) is 2.96. The van der Waals surface area contributed by atoms with Crippen molar-refractivity contribution in [1.82, 2.24) is 15.0 Å². The van der Waals surface area contributed by atoms with Crippen molar-refractivity contribution in [2.75, 3.05) is 6.61 Å². The summed E-state index contributed by atoms with van der Waals surface area (Å²) in [4.78, 5) is 21.2. The Kier molecular flexibility index (Phi) is 2.86. The van der Waals surface area contributed by atoms with Gasteiger partial charge < -0.3 is 30.0 Å². The van der Waals surface area contributed by atoms with E-state index in [9.17, 15) is 15.0 Å². The Hall–Kier alpha value is -1.74. The Morgan fingerprint density at radius 2 is 2.16 bits per heavy atom. The monoisotopic (exact) mass is 267 g/mol. The zero-order valence-electron chi connectivity index (χ0n) is 9.78. The summed E-state index contributed by atoms with van der Waals surface area (Å²) in [7, 11) is 0. The fourth-order valence-electron chi connectivity index (χ4n) is 2.23. The number of ether oxygens (including phenoxy) is 1. The van der Waals surface area contributed by atoms with Crippen molar-refractivity contribution in [1.29, 1.82) is 0 Å². The van der Waals surface area contributed by atoms with Crippen LogP contribution in [0.25, 0.3) is 11.0 Å². The first-order valence-corrected chi connectivity index (χ1v) is 5.81. The number of hydrogen-bond donors (Lipinski definition) is 5. The summed E-state index contributed by atoms with van der Waals surface area (Å²) < 4.78 is 5.31. The molecule has 102 valence electrons. The molecule has 3 rings (SSSR count). The molecule has 4 atom stereocenters. The van der Waals surface area contributed by atoms with E-state index in [2.05, 4.69) is 15.0 Å². The molecule has 8 heteroatoms. The second-order valence-electron chi connectivity index (χ2n) is 4.45. The summed E-state index contributed by atoms with van der Waals surface area (Å²) >= 11 is 0. The summed E-state index contributed by atoms with van der Waals surface area (Å²) in [6, 6.07) is 1.59. The number of nitrogens with one attached hydrogen (secondary N) is 2. The molecule has 3 heterocycles. The molecule has 2 aromatic heterocycles. The lowest BCUT2D eigenvalue weighted by molar-refractivity contribution is -0.0252. The number of aliphatic hydroxyl groups is 3. The molecule has 19 heavy (non-hydrogen) atoms. The van der Waals surface area contributed by atoms with Crippen LogP contribution in [0.1, 0.15) is 11.9 Å². The number of aromatic amines is 2. The highest BCUT2D eigenvalue weighted by molar-refractivity contribution is 5.73. The van der Waals surface area contributed by atoms with Crippen LogP contribution in [0, 0.1) is 0 Å². The topological polar surface area (TPSA) is 131 Å². The summed E-state index contributed by atoms with van der Waals surface area (Å²) in [5, 5.41) is 29.0. The normalized spacial score (nSPS) is 31.1. The van der Waals surface area contributed by atoms with E-state index in [0.29, 0.717) is 11.0 Å². The molecule has 0 amide bonds. The van der Waals surface area contributed by atoms with E-state index >= 15 is 0 Å². The predicted molar refractivity (Wildman–Crippen MR) is 63.4 cm³/mol. The Balaban J connectivity index is 2.03. The first kappa shape index (κ1) is 12.3. The van der Waals surface area contributed by atoms with Crippen LogP contribution in [0.3, 0.4) is 0 Å². The standard InChI is InChI=1S/C11H13N3O5/c15-3-5-6(16)7(17)8(19-5)10-13-9-4(1-2-12-9)11(18)14-10/h1-2,5-8,15-17H,3H2,(H2,12,13,14,18)/t5-,6-,7+,8-/m1/s1. The van der Waals surface area contributed by atoms with Gasteiger partial charge in [-0.2, -0.15) is 0 Å². The third-order valence-electron chi connectivity index (χ3n) is 3.26. The number of hydrogen-bond acceptors (Lipinski definition) is 6. The molecule has 8 nitrogen and oxygen atoms in total. The molecule has 0 aliphatic carbocycles. The van der Waals surface area contributed by atoms with Gasteiger partial charge in [0.1, 0.15) is 35.9 Å². The van der Waals surface area contributed by atoms with Gasteiger partial charge in [-0.15, -0.1) is 0 Å². The minimum absolute atomic E-state index is 0.113. The molecule has 0 saturated carbocycles. The van der Waals surface area contributed by atoms with Gasteiger partial charge in [0.05, 0.1) is 12.0 Å². The molecule has 0 aromatic carbocycles. The summed E-state index contributed by atoms with van der Waals surface area (Å²) in [6.45, 7) is -0.427. The van der Waals surface area contributed by atoms with Crippen molar-refractivity contribution >= 4 is 11.0 Å². The minimum Gasteiger partial charge on any atom is -0.394 e. The fourth-order valence-corrected chi connectivity index (χ4v) is 2.23. The molecule has 1 aliphatic heterocycles. The Bertz CT molecular complexity index is 651. The molecule has 0 radical (unpaired) electrons. The maximum atomic E-state index is 11.8. The SMILES string of the molecule is O=c1[nH]c([C@@H]2O[C@H](CO)[C@@H](O)[C@@H]2O)nc2[nH]ccc12. The number of rotatable bonds is 2. The summed E-state index contributed by atoms with van der Waals surface area (Å²) in [5.74, 6) is 0.113. The molecule has 1 fully saturated rings. The smallest absolute Gasteiger partial charge is 0.260 e. The molecular weight excluding hydrogens is 254 g/mol. The van der Waals surface area contributed by atoms with Crippen molar-refractivity contribution in [3.8, 4) is 0 Å². The zero-order valence-corrected chi connectivity index (χ0v) is 9.78. The van der Waals surface area contributed by atoms with Gasteiger partial charge in [0.15, 0.2) is 0 Å². The molecule has 0 spiro atoms. The lowest BCUT2D eigenvalue weighted by Crippen LogP contribution is -2.32. The summed E-state index contributed by atoms with van der Waals surface area (Å²) in [5.41, 5.74) is 0.00970. The van der Waals surface area contributed by atoms with E-state index in [0.717, 1.165) is 0 Å². The maximum Gasteiger partial charge on any atom is 0.260 e. The highest BCUT2D eigenvalue weighted by atomic mass is 16.6. The first-order chi connectivity index (χ1) is 9.11. The van der Waals surface area contributed by atoms with Crippen molar-refractivity contribution in [3.05, 3.63) is 28.4 Å². The van der Waals surface area contributed by atoms with E-state index in [4.69, 9.17) is 9.84 Å². The average molecular weight is 267 g/mol. The quantitative estimate of drug-likeness (QED) is 0.445. The maximum absolute atomic E-state index is 11.8. The molecule has 5 N–H and O–H groups in total. The lowest BCUT2D eigenvalue weighted by atomic mass is 10.1. The van der Waals surface area contributed by atoms with Crippen LogP contribution in [-0.2, 0) is 4.74 Å². The molecule has 0 bridgehead atoms. The number of nitrogens with zero attached hydrogens (tertiary/aromatic N) is 1. The predicted octanol–water partition coefficient (Wildman–Crippen LogP) is -1.59. The van der Waals surface area contributed by atoms with Crippen molar-refractivity contribution in [2.45, 2.75) is 24.4 Å². The number of aromatic nitrogens is 3. The highest BCUT2D eigenvalue weighted by Crippen LogP contribution is 2.31. The van der Waals surface area contributed by atoms with Gasteiger partial charge in [-0.25, -0.2) is 4.98 Å². The Morgan fingerprint density at radius 1 is 1.37 bits per heavy atom. The highest BCUT2D eigenvalue weighted by Gasteiger charge is 2.44. The number of fused-ring (bicyclic) bond motifs is 1. The largest absolute Gasteiger partial charge is 0.394 e. The number of H-pyrrole nitrogens is 2. The van der Waals surface area contributed by atoms with Crippen LogP contribution in [0.5, 0.6) is 0 Å². The van der Waals surface area contributed by atoms with Crippen LogP contribution < -0.4 is 5.56 Å². The summed E-state index contributed by atoms with van der Waals surface area (Å²) in [6.07, 6.45) is -2.78. The first-order valence-electron chi connectivity index (χ1n) is 5.81. The van der Waals surface area contributed by atoms with Gasteiger partial charge >= 0.3 is 0 Å². The van der Waals surface area contributed by atoms with Gasteiger partial charge in [0.25, 0.3) is 5.56 Å². The fraction of sp³-hybridized carbons (Fsp3) is 0.455. The molecule has 2 aromatic rings. The van der Waals surface area contributed by atoms with Crippen molar-refractivity contribution in [3.63, 3.8) is 0 Å². The second kappa shape index (κ2) is 4.42. The lowest BCUT2D eigenvalue weighted by Gasteiger charge is -2.13. The van der Waals surface area contributed by atoms with Gasteiger partial charge in [0, 0.05) is 6.20 Å². The van der Waals surface area contributed by atoms with E-state index in [1.165, 1.54) is 0 Å². The van der Waals surface area contributed by atoms with Crippen molar-refractivity contribution < 1.29 is 20.1 Å².